The summed E-state index contributed by atoms with van der Waals surface area (Å²) in [7, 11) is -1.18. The number of nitrogens with zero attached hydrogens (tertiary/aromatic N) is 1. The van der Waals surface area contributed by atoms with Crippen molar-refractivity contribution in [3.05, 3.63) is 83.7 Å². The van der Waals surface area contributed by atoms with Crippen molar-refractivity contribution >= 4 is 21.6 Å². The molecule has 0 heterocycles. The minimum absolute atomic E-state index is 0.0397. The molecule has 0 aromatic heterocycles. The summed E-state index contributed by atoms with van der Waals surface area (Å²) >= 11 is 0. The van der Waals surface area contributed by atoms with Crippen LogP contribution in [-0.2, 0) is 14.8 Å². The summed E-state index contributed by atoms with van der Waals surface area (Å²) < 4.78 is 52.7. The molecule has 0 fully saturated rings. The summed E-state index contributed by atoms with van der Waals surface area (Å²) in [5.41, 5.74) is 1.39. The maximum absolute atomic E-state index is 14.6. The fraction of sp³-hybridized carbons (Fsp3) is 0.240. The Morgan fingerprint density at radius 1 is 1.00 bits per heavy atom. The normalized spacial score (nSPS) is 12.0. The summed E-state index contributed by atoms with van der Waals surface area (Å²) in [5.74, 6) is -0.309. The van der Waals surface area contributed by atoms with E-state index in [-0.39, 0.29) is 10.6 Å². The number of methoxy groups -OCH3 is 2. The summed E-state index contributed by atoms with van der Waals surface area (Å²) in [6, 6.07) is 16.3. The predicted octanol–water partition coefficient (Wildman–Crippen LogP) is 4.22. The minimum atomic E-state index is -4.21. The van der Waals surface area contributed by atoms with Gasteiger partial charge >= 0.3 is 0 Å². The Labute approximate surface area is 199 Å². The molecule has 0 radical (unpaired) electrons. The van der Waals surface area contributed by atoms with Gasteiger partial charge in [0.1, 0.15) is 12.4 Å². The van der Waals surface area contributed by atoms with Gasteiger partial charge in [-0.1, -0.05) is 35.9 Å². The topological polar surface area (TPSA) is 84.9 Å². The number of ether oxygens (including phenoxy) is 2. The zero-order valence-electron chi connectivity index (χ0n) is 19.4. The number of anilines is 1. The molecule has 0 saturated heterocycles. The largest absolute Gasteiger partial charge is 0.493 e. The standard InChI is InChI=1S/C25H27FN2O5S/c1-17-9-12-20(13-10-17)34(30,31)28(22-8-6-5-7-21(22)26)16-25(29)27-18(2)19-11-14-23(32-3)24(15-19)33-4/h5-15,18H,16H2,1-4H3,(H,27,29)/t18-/m1/s1. The lowest BCUT2D eigenvalue weighted by molar-refractivity contribution is -0.120. The van der Waals surface area contributed by atoms with Crippen LogP contribution in [0.25, 0.3) is 0 Å². The highest BCUT2D eigenvalue weighted by Gasteiger charge is 2.29. The number of nitrogens with one attached hydrogen (secondary N) is 1. The average Bonchev–Trinajstić information content (AvgIpc) is 2.82. The van der Waals surface area contributed by atoms with E-state index >= 15 is 0 Å². The predicted molar refractivity (Wildman–Crippen MR) is 128 cm³/mol. The Hall–Kier alpha value is -3.59. The molecule has 0 aliphatic carbocycles. The molecule has 0 aliphatic heterocycles. The van der Waals surface area contributed by atoms with Crippen molar-refractivity contribution in [3.63, 3.8) is 0 Å². The summed E-state index contributed by atoms with van der Waals surface area (Å²) in [6.45, 7) is 2.98. The summed E-state index contributed by atoms with van der Waals surface area (Å²) in [4.78, 5) is 12.9. The molecule has 180 valence electrons. The molecule has 0 aliphatic rings. The number of sulfonamides is 1. The number of para-hydroxylation sites is 1. The number of halogens is 1. The van der Waals surface area contributed by atoms with Gasteiger partial charge in [0, 0.05) is 0 Å². The van der Waals surface area contributed by atoms with Gasteiger partial charge in [0.15, 0.2) is 11.5 Å². The quantitative estimate of drug-likeness (QED) is 0.490. The molecule has 34 heavy (non-hydrogen) atoms. The third-order valence-corrected chi connectivity index (χ3v) is 7.08. The highest BCUT2D eigenvalue weighted by atomic mass is 32.2. The Morgan fingerprint density at radius 2 is 1.65 bits per heavy atom. The molecule has 3 rings (SSSR count). The van der Waals surface area contributed by atoms with Gasteiger partial charge in [-0.3, -0.25) is 9.10 Å². The van der Waals surface area contributed by atoms with E-state index in [1.165, 1.54) is 44.6 Å². The number of carbonyl (C=O) groups is 1. The SMILES string of the molecule is COc1ccc([C@@H](C)NC(=O)CN(c2ccccc2F)S(=O)(=O)c2ccc(C)cc2)cc1OC. The average molecular weight is 487 g/mol. The first-order valence-corrected chi connectivity index (χ1v) is 12.0. The lowest BCUT2D eigenvalue weighted by Gasteiger charge is -2.25. The van der Waals surface area contributed by atoms with Crippen LogP contribution in [0.2, 0.25) is 0 Å². The Kier molecular flexibility index (Phi) is 7.78. The van der Waals surface area contributed by atoms with Crippen molar-refractivity contribution in [2.45, 2.75) is 24.8 Å². The van der Waals surface area contributed by atoms with Gasteiger partial charge < -0.3 is 14.8 Å². The second-order valence-corrected chi connectivity index (χ2v) is 9.54. The van der Waals surface area contributed by atoms with Crippen molar-refractivity contribution < 1.29 is 27.1 Å². The van der Waals surface area contributed by atoms with Crippen LogP contribution >= 0.6 is 0 Å². The van der Waals surface area contributed by atoms with Gasteiger partial charge in [-0.25, -0.2) is 12.8 Å². The number of aryl methyl sites for hydroxylation is 1. The molecule has 0 saturated carbocycles. The van der Waals surface area contributed by atoms with Crippen LogP contribution in [0.4, 0.5) is 10.1 Å². The smallest absolute Gasteiger partial charge is 0.264 e. The van der Waals surface area contributed by atoms with Gasteiger partial charge in [-0.05, 0) is 55.8 Å². The van der Waals surface area contributed by atoms with E-state index in [1.807, 2.05) is 6.92 Å². The summed E-state index contributed by atoms with van der Waals surface area (Å²) in [6.07, 6.45) is 0. The molecular formula is C25H27FN2O5S. The zero-order valence-corrected chi connectivity index (χ0v) is 20.2. The van der Waals surface area contributed by atoms with Crippen LogP contribution in [0.3, 0.4) is 0 Å². The number of hydrogen-bond acceptors (Lipinski definition) is 5. The Morgan fingerprint density at radius 3 is 2.26 bits per heavy atom. The fourth-order valence-corrected chi connectivity index (χ4v) is 4.84. The summed E-state index contributed by atoms with van der Waals surface area (Å²) in [5, 5.41) is 2.77. The highest BCUT2D eigenvalue weighted by Crippen LogP contribution is 2.30. The molecular weight excluding hydrogens is 459 g/mol. The molecule has 1 atom stereocenters. The fourth-order valence-electron chi connectivity index (χ4n) is 3.41. The van der Waals surface area contributed by atoms with Crippen LogP contribution in [-0.4, -0.2) is 35.1 Å². The molecule has 3 aromatic rings. The van der Waals surface area contributed by atoms with Gasteiger partial charge in [-0.15, -0.1) is 0 Å². The number of amides is 1. The third kappa shape index (κ3) is 5.48. The number of hydrogen-bond donors (Lipinski definition) is 1. The maximum Gasteiger partial charge on any atom is 0.264 e. The third-order valence-electron chi connectivity index (χ3n) is 5.30. The zero-order chi connectivity index (χ0) is 24.9. The molecule has 1 N–H and O–H groups in total. The van der Waals surface area contributed by atoms with E-state index in [0.717, 1.165) is 21.5 Å². The Bertz CT molecular complexity index is 1260. The van der Waals surface area contributed by atoms with Crippen LogP contribution in [0, 0.1) is 12.7 Å². The van der Waals surface area contributed by atoms with Crippen LogP contribution in [0.15, 0.2) is 71.6 Å². The molecule has 3 aromatic carbocycles. The van der Waals surface area contributed by atoms with Crippen molar-refractivity contribution in [2.75, 3.05) is 25.1 Å². The first-order chi connectivity index (χ1) is 16.2. The van der Waals surface area contributed by atoms with E-state index in [9.17, 15) is 17.6 Å². The molecule has 9 heteroatoms. The first kappa shape index (κ1) is 25.0. The van der Waals surface area contributed by atoms with Crippen LogP contribution in [0.5, 0.6) is 11.5 Å². The number of rotatable bonds is 9. The lowest BCUT2D eigenvalue weighted by atomic mass is 10.1. The van der Waals surface area contributed by atoms with Crippen LogP contribution in [0.1, 0.15) is 24.1 Å². The minimum Gasteiger partial charge on any atom is -0.493 e. The number of carbonyl (C=O) groups excluding carboxylic acids is 1. The van der Waals surface area contributed by atoms with E-state index in [4.69, 9.17) is 9.47 Å². The number of benzene rings is 3. The van der Waals surface area contributed by atoms with E-state index < -0.39 is 34.3 Å². The van der Waals surface area contributed by atoms with Gasteiger partial charge in [0.05, 0.1) is 30.8 Å². The van der Waals surface area contributed by atoms with Crippen molar-refractivity contribution in [1.29, 1.82) is 0 Å². The molecule has 0 bridgehead atoms. The lowest BCUT2D eigenvalue weighted by Crippen LogP contribution is -2.42. The Balaban J connectivity index is 1.89. The molecule has 0 unspecified atom stereocenters. The monoisotopic (exact) mass is 486 g/mol. The van der Waals surface area contributed by atoms with E-state index in [0.29, 0.717) is 11.5 Å². The van der Waals surface area contributed by atoms with Gasteiger partial charge in [0.2, 0.25) is 5.91 Å². The molecule has 7 nitrogen and oxygen atoms in total. The van der Waals surface area contributed by atoms with E-state index in [1.54, 1.807) is 37.3 Å². The molecule has 1 amide bonds. The first-order valence-electron chi connectivity index (χ1n) is 10.5. The van der Waals surface area contributed by atoms with E-state index in [2.05, 4.69) is 5.32 Å². The van der Waals surface area contributed by atoms with Gasteiger partial charge in [0.25, 0.3) is 10.0 Å². The highest BCUT2D eigenvalue weighted by molar-refractivity contribution is 7.92. The second-order valence-electron chi connectivity index (χ2n) is 7.68. The van der Waals surface area contributed by atoms with Crippen molar-refractivity contribution in [3.8, 4) is 11.5 Å². The maximum atomic E-state index is 14.6. The second kappa shape index (κ2) is 10.6. The van der Waals surface area contributed by atoms with Crippen molar-refractivity contribution in [1.82, 2.24) is 5.32 Å². The molecule has 0 spiro atoms. The van der Waals surface area contributed by atoms with Crippen molar-refractivity contribution in [2.24, 2.45) is 0 Å². The van der Waals surface area contributed by atoms with Gasteiger partial charge in [-0.2, -0.15) is 0 Å². The van der Waals surface area contributed by atoms with Crippen LogP contribution < -0.4 is 19.1 Å².